The highest BCUT2D eigenvalue weighted by molar-refractivity contribution is 9.10. The van der Waals surface area contributed by atoms with E-state index in [1.165, 1.54) is 6.08 Å². The van der Waals surface area contributed by atoms with Gasteiger partial charge in [0.2, 0.25) is 5.91 Å². The maximum atomic E-state index is 14.6. The van der Waals surface area contributed by atoms with Gasteiger partial charge < -0.3 is 29.7 Å². The Bertz CT molecular complexity index is 1360. The summed E-state index contributed by atoms with van der Waals surface area (Å²) in [5, 5.41) is 7.82. The number of benzene rings is 2. The Kier molecular flexibility index (Phi) is 9.44. The topological polar surface area (TPSA) is 89.1 Å². The molecule has 1 fully saturated rings. The summed E-state index contributed by atoms with van der Waals surface area (Å²) in [5.74, 6) is 0.0362. The number of likely N-dealkylation sites (N-methyl/N-ethyl adjacent to an activating group) is 1. The van der Waals surface area contributed by atoms with Crippen molar-refractivity contribution >= 4 is 50.9 Å². The zero-order valence-electron chi connectivity index (χ0n) is 22.7. The summed E-state index contributed by atoms with van der Waals surface area (Å²) in [4.78, 5) is 29.3. The van der Waals surface area contributed by atoms with E-state index in [1.807, 2.05) is 30.3 Å². The van der Waals surface area contributed by atoms with Crippen molar-refractivity contribution in [2.75, 3.05) is 27.4 Å². The zero-order valence-corrected chi connectivity index (χ0v) is 25.1. The summed E-state index contributed by atoms with van der Waals surface area (Å²) < 4.78 is 33.5. The van der Waals surface area contributed by atoms with Gasteiger partial charge in [0.25, 0.3) is 5.91 Å². The molecular weight excluding hydrogens is 605 g/mol. The molecule has 1 aliphatic carbocycles. The number of carbonyl (C=O) groups is 2. The molecule has 11 heteroatoms. The van der Waals surface area contributed by atoms with E-state index in [2.05, 4.69) is 26.6 Å². The van der Waals surface area contributed by atoms with Crippen LogP contribution in [0.2, 0.25) is 0 Å². The number of hydrogen-bond donors (Lipinski definition) is 2. The molecule has 2 atom stereocenters. The second-order valence-electron chi connectivity index (χ2n) is 10.2. The highest BCUT2D eigenvalue weighted by Crippen LogP contribution is 2.42. The summed E-state index contributed by atoms with van der Waals surface area (Å²) in [6.45, 7) is 2.62. The van der Waals surface area contributed by atoms with Crippen molar-refractivity contribution in [3.05, 3.63) is 63.7 Å². The minimum Gasteiger partial charge on any atom is -0.496 e. The first-order chi connectivity index (χ1) is 18.8. The van der Waals surface area contributed by atoms with E-state index in [4.69, 9.17) is 14.2 Å². The third-order valence-electron chi connectivity index (χ3n) is 7.89. The maximum absolute atomic E-state index is 14.6. The van der Waals surface area contributed by atoms with Crippen molar-refractivity contribution < 1.29 is 28.2 Å². The number of halogens is 3. The summed E-state index contributed by atoms with van der Waals surface area (Å²) in [6, 6.07) is 8.27. The second kappa shape index (κ2) is 12.5. The van der Waals surface area contributed by atoms with Gasteiger partial charge in [-0.1, -0.05) is 28.1 Å². The van der Waals surface area contributed by atoms with Crippen molar-refractivity contribution in [1.82, 2.24) is 15.5 Å². The summed E-state index contributed by atoms with van der Waals surface area (Å²) in [7, 11) is 3.28. The van der Waals surface area contributed by atoms with Gasteiger partial charge in [-0.3, -0.25) is 9.59 Å². The fourth-order valence-corrected chi connectivity index (χ4v) is 5.92. The van der Waals surface area contributed by atoms with Gasteiger partial charge in [0.1, 0.15) is 29.0 Å². The Morgan fingerprint density at radius 3 is 2.70 bits per heavy atom. The van der Waals surface area contributed by atoms with E-state index in [9.17, 15) is 14.0 Å². The average Bonchev–Trinajstić information content (AvgIpc) is 3.01. The van der Waals surface area contributed by atoms with Gasteiger partial charge in [-0.2, -0.15) is 0 Å². The molecule has 1 spiro atoms. The van der Waals surface area contributed by atoms with Crippen LogP contribution in [0.1, 0.15) is 38.2 Å². The van der Waals surface area contributed by atoms with Gasteiger partial charge >= 0.3 is 0 Å². The molecule has 2 aromatic carbocycles. The molecule has 2 aromatic rings. The molecule has 0 unspecified atom stereocenters. The van der Waals surface area contributed by atoms with Gasteiger partial charge in [0, 0.05) is 35.4 Å². The number of carbonyl (C=O) groups excluding carboxylic acids is 2. The van der Waals surface area contributed by atoms with Crippen LogP contribution in [0.25, 0.3) is 10.8 Å². The minimum absolute atomic E-state index is 0. The number of hydrogen-bond acceptors (Lipinski definition) is 6. The largest absolute Gasteiger partial charge is 0.496 e. The van der Waals surface area contributed by atoms with Crippen molar-refractivity contribution in [2.24, 2.45) is 0 Å². The first-order valence-electron chi connectivity index (χ1n) is 13.2. The van der Waals surface area contributed by atoms with Crippen molar-refractivity contribution in [3.8, 4) is 5.75 Å². The van der Waals surface area contributed by atoms with Crippen LogP contribution in [0.15, 0.2) is 58.2 Å². The molecule has 8 nitrogen and oxygen atoms in total. The maximum Gasteiger partial charge on any atom is 0.253 e. The number of ether oxygens (including phenoxy) is 3. The standard InChI is InChI=1S/C29H33BrFN3O5.ClH/c1-17(32-2)27(35)33-26-28(36)34(16-22-21-7-5-19(30)14-18(21)4-9-24(22)37-3)23-8-6-20(31)15-25(23)39-29(26)10-12-38-13-11-29;/h4-5,7,9,14-15,17,26,32H,6,8,10-13,16H2,1-3H3,(H,33,35);1H/t17-,26+;/m0./s1. The number of allylic oxidation sites excluding steroid dienone is 3. The molecule has 0 bridgehead atoms. The normalized spacial score (nSPS) is 21.1. The van der Waals surface area contributed by atoms with Crippen LogP contribution >= 0.6 is 28.3 Å². The monoisotopic (exact) mass is 637 g/mol. The van der Waals surface area contributed by atoms with Crippen LogP contribution < -0.4 is 15.4 Å². The molecule has 2 aliphatic heterocycles. The Balaban J connectivity index is 0.00000370. The molecule has 2 heterocycles. The van der Waals surface area contributed by atoms with Crippen molar-refractivity contribution in [1.29, 1.82) is 0 Å². The second-order valence-corrected chi connectivity index (χ2v) is 11.1. The Morgan fingerprint density at radius 2 is 2.00 bits per heavy atom. The van der Waals surface area contributed by atoms with E-state index in [-0.39, 0.29) is 43.0 Å². The van der Waals surface area contributed by atoms with E-state index in [1.54, 1.807) is 26.0 Å². The Hall–Kier alpha value is -2.66. The van der Waals surface area contributed by atoms with Gasteiger partial charge in [0.05, 0.1) is 38.6 Å². The lowest BCUT2D eigenvalue weighted by molar-refractivity contribution is -0.149. The summed E-state index contributed by atoms with van der Waals surface area (Å²) in [5.41, 5.74) is 0.339. The number of nitrogens with zero attached hydrogens (tertiary/aromatic N) is 1. The minimum atomic E-state index is -1.07. The van der Waals surface area contributed by atoms with E-state index >= 15 is 0 Å². The SMILES string of the molecule is CN[C@@H](C)C(=O)N[C@@H]1C(=O)N(Cc2c(OC)ccc3cc(Br)ccc23)C2=C(C=C(F)CC2)OC12CCOCC2.Cl. The Morgan fingerprint density at radius 1 is 1.25 bits per heavy atom. The van der Waals surface area contributed by atoms with E-state index in [0.29, 0.717) is 49.7 Å². The van der Waals surface area contributed by atoms with Crippen molar-refractivity contribution in [2.45, 2.75) is 56.8 Å². The molecule has 2 amide bonds. The quantitative estimate of drug-likeness (QED) is 0.469. The zero-order chi connectivity index (χ0) is 27.7. The third kappa shape index (κ3) is 5.72. The fourth-order valence-electron chi connectivity index (χ4n) is 5.54. The van der Waals surface area contributed by atoms with Crippen LogP contribution in [-0.2, 0) is 25.6 Å². The number of rotatable bonds is 6. The lowest BCUT2D eigenvalue weighted by Crippen LogP contribution is -2.63. The number of methoxy groups -OCH3 is 1. The molecular formula is C29H34BrClFN3O5. The molecule has 1 saturated heterocycles. The van der Waals surface area contributed by atoms with Crippen LogP contribution in [0.3, 0.4) is 0 Å². The number of fused-ring (bicyclic) bond motifs is 1. The smallest absolute Gasteiger partial charge is 0.253 e. The lowest BCUT2D eigenvalue weighted by atomic mass is 9.84. The Labute approximate surface area is 247 Å². The van der Waals surface area contributed by atoms with Gasteiger partial charge in [-0.15, -0.1) is 12.4 Å². The van der Waals surface area contributed by atoms with E-state index in [0.717, 1.165) is 20.8 Å². The molecule has 216 valence electrons. The number of amides is 2. The predicted octanol–water partition coefficient (Wildman–Crippen LogP) is 4.89. The molecule has 0 radical (unpaired) electrons. The fraction of sp³-hybridized carbons (Fsp3) is 0.448. The van der Waals surface area contributed by atoms with Crippen LogP contribution in [-0.4, -0.2) is 61.8 Å². The summed E-state index contributed by atoms with van der Waals surface area (Å²) in [6.07, 6.45) is 2.60. The average molecular weight is 639 g/mol. The number of nitrogens with one attached hydrogen (secondary N) is 2. The van der Waals surface area contributed by atoms with Gasteiger partial charge in [-0.05, 0) is 49.4 Å². The first kappa shape index (κ1) is 30.3. The van der Waals surface area contributed by atoms with Gasteiger partial charge in [-0.25, -0.2) is 4.39 Å². The lowest BCUT2D eigenvalue weighted by Gasteiger charge is -2.42. The van der Waals surface area contributed by atoms with Crippen LogP contribution in [0.5, 0.6) is 5.75 Å². The van der Waals surface area contributed by atoms with Crippen LogP contribution in [0.4, 0.5) is 4.39 Å². The van der Waals surface area contributed by atoms with Crippen molar-refractivity contribution in [3.63, 3.8) is 0 Å². The summed E-state index contributed by atoms with van der Waals surface area (Å²) >= 11 is 3.53. The highest BCUT2D eigenvalue weighted by atomic mass is 79.9. The first-order valence-corrected chi connectivity index (χ1v) is 14.0. The molecule has 40 heavy (non-hydrogen) atoms. The van der Waals surface area contributed by atoms with E-state index < -0.39 is 17.7 Å². The third-order valence-corrected chi connectivity index (χ3v) is 8.38. The molecule has 0 saturated carbocycles. The highest BCUT2D eigenvalue weighted by Gasteiger charge is 2.52. The predicted molar refractivity (Wildman–Crippen MR) is 156 cm³/mol. The molecule has 2 N–H and O–H groups in total. The van der Waals surface area contributed by atoms with Gasteiger partial charge in [0.15, 0.2) is 0 Å². The molecule has 3 aliphatic rings. The molecule has 0 aromatic heterocycles. The molecule has 5 rings (SSSR count). The van der Waals surface area contributed by atoms with Crippen LogP contribution in [0, 0.1) is 0 Å².